The summed E-state index contributed by atoms with van der Waals surface area (Å²) in [4.78, 5) is 11.1. The van der Waals surface area contributed by atoms with E-state index in [1.807, 2.05) is 6.07 Å². The second-order valence-electron chi connectivity index (χ2n) is 2.66. The normalized spacial score (nSPS) is 19.0. The van der Waals surface area contributed by atoms with Gasteiger partial charge in [-0.1, -0.05) is 0 Å². The zero-order valence-electron chi connectivity index (χ0n) is 6.95. The number of nitriles is 1. The van der Waals surface area contributed by atoms with Crippen LogP contribution < -0.4 is 0 Å². The molecule has 12 heavy (non-hydrogen) atoms. The van der Waals surface area contributed by atoms with E-state index in [1.54, 1.807) is 6.92 Å². The third-order valence-corrected chi connectivity index (χ3v) is 1.81. The van der Waals surface area contributed by atoms with Gasteiger partial charge in [0.25, 0.3) is 0 Å². The van der Waals surface area contributed by atoms with Gasteiger partial charge in [0.15, 0.2) is 5.92 Å². The van der Waals surface area contributed by atoms with Crippen LogP contribution in [0.25, 0.3) is 0 Å². The van der Waals surface area contributed by atoms with Crippen LogP contribution in [0.3, 0.4) is 0 Å². The molecule has 0 radical (unpaired) electrons. The Bertz CT molecular complexity index is 205. The van der Waals surface area contributed by atoms with Crippen LogP contribution in [0.15, 0.2) is 0 Å². The standard InChI is InChI=1S/C8H11NO3/c1-2-12-8(10)7(3-9)6-4-11-5-6/h6-7H,2,4-5H2,1H3. The predicted octanol–water partition coefficient (Wildman–Crippen LogP) is 0.336. The molecule has 4 heteroatoms. The van der Waals surface area contributed by atoms with Crippen molar-refractivity contribution < 1.29 is 14.3 Å². The molecule has 0 aliphatic carbocycles. The Labute approximate surface area is 71.1 Å². The highest BCUT2D eigenvalue weighted by atomic mass is 16.5. The fourth-order valence-electron chi connectivity index (χ4n) is 1.03. The van der Waals surface area contributed by atoms with Crippen molar-refractivity contribution in [2.24, 2.45) is 11.8 Å². The van der Waals surface area contributed by atoms with E-state index >= 15 is 0 Å². The lowest BCUT2D eigenvalue weighted by Gasteiger charge is -2.28. The highest BCUT2D eigenvalue weighted by molar-refractivity contribution is 5.75. The lowest BCUT2D eigenvalue weighted by atomic mass is 9.92. The molecular formula is C8H11NO3. The Balaban J connectivity index is 2.44. The highest BCUT2D eigenvalue weighted by Gasteiger charge is 2.34. The van der Waals surface area contributed by atoms with Gasteiger partial charge < -0.3 is 9.47 Å². The van der Waals surface area contributed by atoms with Crippen molar-refractivity contribution in [2.45, 2.75) is 6.92 Å². The van der Waals surface area contributed by atoms with Gasteiger partial charge in [0.1, 0.15) is 0 Å². The number of carbonyl (C=O) groups excluding carboxylic acids is 1. The van der Waals surface area contributed by atoms with Gasteiger partial charge in [-0.3, -0.25) is 4.79 Å². The summed E-state index contributed by atoms with van der Waals surface area (Å²) < 4.78 is 9.62. The lowest BCUT2D eigenvalue weighted by Crippen LogP contribution is -2.38. The van der Waals surface area contributed by atoms with Crippen LogP contribution in [0, 0.1) is 23.2 Å². The second-order valence-corrected chi connectivity index (χ2v) is 2.66. The molecule has 0 amide bonds. The Morgan fingerprint density at radius 1 is 1.83 bits per heavy atom. The molecule has 1 aliphatic rings. The summed E-state index contributed by atoms with van der Waals surface area (Å²) in [5, 5.41) is 8.65. The number of ether oxygens (including phenoxy) is 2. The molecule has 0 N–H and O–H groups in total. The van der Waals surface area contributed by atoms with E-state index in [4.69, 9.17) is 14.7 Å². The molecule has 1 rings (SSSR count). The van der Waals surface area contributed by atoms with Crippen molar-refractivity contribution in [3.05, 3.63) is 0 Å². The van der Waals surface area contributed by atoms with Gasteiger partial charge in [0, 0.05) is 5.92 Å². The quantitative estimate of drug-likeness (QED) is 0.571. The first-order chi connectivity index (χ1) is 5.79. The summed E-state index contributed by atoms with van der Waals surface area (Å²) in [6.07, 6.45) is 0. The summed E-state index contributed by atoms with van der Waals surface area (Å²) in [6.45, 7) is 3.04. The molecule has 1 atom stereocenters. The van der Waals surface area contributed by atoms with Gasteiger partial charge in [-0.05, 0) is 6.92 Å². The topological polar surface area (TPSA) is 59.3 Å². The number of hydrogen-bond donors (Lipinski definition) is 0. The van der Waals surface area contributed by atoms with Crippen LogP contribution in [-0.2, 0) is 14.3 Å². The summed E-state index contributed by atoms with van der Waals surface area (Å²) in [6, 6.07) is 1.93. The molecule has 1 saturated heterocycles. The fraction of sp³-hybridized carbons (Fsp3) is 0.750. The Kier molecular flexibility index (Phi) is 3.06. The minimum absolute atomic E-state index is 0.0362. The van der Waals surface area contributed by atoms with Crippen LogP contribution in [0.1, 0.15) is 6.92 Å². The van der Waals surface area contributed by atoms with Gasteiger partial charge in [0.05, 0.1) is 25.9 Å². The molecule has 1 unspecified atom stereocenters. The number of rotatable bonds is 3. The summed E-state index contributed by atoms with van der Waals surface area (Å²) in [5.41, 5.74) is 0. The monoisotopic (exact) mass is 169 g/mol. The molecule has 0 saturated carbocycles. The number of esters is 1. The van der Waals surface area contributed by atoms with Crippen LogP contribution in [0.2, 0.25) is 0 Å². The highest BCUT2D eigenvalue weighted by Crippen LogP contribution is 2.21. The lowest BCUT2D eigenvalue weighted by molar-refractivity contribution is -0.154. The average molecular weight is 169 g/mol. The maximum Gasteiger partial charge on any atom is 0.323 e. The van der Waals surface area contributed by atoms with Crippen molar-refractivity contribution in [1.29, 1.82) is 5.26 Å². The van der Waals surface area contributed by atoms with Crippen LogP contribution in [0.5, 0.6) is 0 Å². The van der Waals surface area contributed by atoms with E-state index in [0.29, 0.717) is 19.8 Å². The molecule has 0 aromatic carbocycles. The molecule has 0 spiro atoms. The zero-order chi connectivity index (χ0) is 8.97. The van der Waals surface area contributed by atoms with Gasteiger partial charge in [-0.2, -0.15) is 5.26 Å². The molecule has 1 aliphatic heterocycles. The van der Waals surface area contributed by atoms with Crippen molar-refractivity contribution >= 4 is 5.97 Å². The SMILES string of the molecule is CCOC(=O)C(C#N)C1COC1. The smallest absolute Gasteiger partial charge is 0.323 e. The molecule has 4 nitrogen and oxygen atoms in total. The van der Waals surface area contributed by atoms with E-state index in [0.717, 1.165) is 0 Å². The number of carbonyl (C=O) groups is 1. The third kappa shape index (κ3) is 1.74. The van der Waals surface area contributed by atoms with E-state index in [9.17, 15) is 4.79 Å². The molecule has 0 bridgehead atoms. The molecule has 0 aromatic rings. The third-order valence-electron chi connectivity index (χ3n) is 1.81. The van der Waals surface area contributed by atoms with E-state index < -0.39 is 11.9 Å². The van der Waals surface area contributed by atoms with Gasteiger partial charge in [-0.15, -0.1) is 0 Å². The first-order valence-electron chi connectivity index (χ1n) is 3.93. The molecular weight excluding hydrogens is 158 g/mol. The van der Waals surface area contributed by atoms with E-state index in [-0.39, 0.29) is 5.92 Å². The zero-order valence-corrected chi connectivity index (χ0v) is 6.95. The Morgan fingerprint density at radius 2 is 2.50 bits per heavy atom. The first-order valence-corrected chi connectivity index (χ1v) is 3.93. The number of hydrogen-bond acceptors (Lipinski definition) is 4. The minimum atomic E-state index is -0.640. The Hall–Kier alpha value is -1.08. The van der Waals surface area contributed by atoms with Crippen LogP contribution >= 0.6 is 0 Å². The molecule has 1 fully saturated rings. The van der Waals surface area contributed by atoms with Gasteiger partial charge in [-0.25, -0.2) is 0 Å². The van der Waals surface area contributed by atoms with Crippen molar-refractivity contribution in [2.75, 3.05) is 19.8 Å². The summed E-state index contributed by atoms with van der Waals surface area (Å²) in [7, 11) is 0. The summed E-state index contributed by atoms with van der Waals surface area (Å²) >= 11 is 0. The summed E-state index contributed by atoms with van der Waals surface area (Å²) in [5.74, 6) is -1.03. The van der Waals surface area contributed by atoms with Crippen molar-refractivity contribution in [3.8, 4) is 6.07 Å². The molecule has 0 aromatic heterocycles. The second kappa shape index (κ2) is 4.07. The fourth-order valence-corrected chi connectivity index (χ4v) is 1.03. The van der Waals surface area contributed by atoms with Crippen LogP contribution in [0.4, 0.5) is 0 Å². The molecule has 66 valence electrons. The van der Waals surface area contributed by atoms with E-state index in [1.165, 1.54) is 0 Å². The maximum absolute atomic E-state index is 11.1. The van der Waals surface area contributed by atoms with E-state index in [2.05, 4.69) is 0 Å². The van der Waals surface area contributed by atoms with Gasteiger partial charge in [0.2, 0.25) is 0 Å². The largest absolute Gasteiger partial charge is 0.465 e. The van der Waals surface area contributed by atoms with Crippen molar-refractivity contribution in [1.82, 2.24) is 0 Å². The van der Waals surface area contributed by atoms with Gasteiger partial charge >= 0.3 is 5.97 Å². The first kappa shape index (κ1) is 9.01. The number of nitrogens with zero attached hydrogens (tertiary/aromatic N) is 1. The molecule has 1 heterocycles. The van der Waals surface area contributed by atoms with Crippen LogP contribution in [-0.4, -0.2) is 25.8 Å². The van der Waals surface area contributed by atoms with Crippen molar-refractivity contribution in [3.63, 3.8) is 0 Å². The Morgan fingerprint density at radius 3 is 2.83 bits per heavy atom. The minimum Gasteiger partial charge on any atom is -0.465 e. The maximum atomic E-state index is 11.1. The average Bonchev–Trinajstić information content (AvgIpc) is 1.96. The predicted molar refractivity (Wildman–Crippen MR) is 40.0 cm³/mol.